The number of H-pyrrole nitrogens is 1. The van der Waals surface area contributed by atoms with Crippen LogP contribution in [-0.2, 0) is 0 Å². The molecule has 0 saturated heterocycles. The number of nitrogens with zero attached hydrogens (tertiary/aromatic N) is 1. The van der Waals surface area contributed by atoms with E-state index in [-0.39, 0.29) is 6.03 Å². The molecule has 0 radical (unpaired) electrons. The first kappa shape index (κ1) is 11.0. The summed E-state index contributed by atoms with van der Waals surface area (Å²) in [6.07, 6.45) is 3.10. The van der Waals surface area contributed by atoms with Gasteiger partial charge < -0.3 is 15.4 Å². The van der Waals surface area contributed by atoms with Crippen molar-refractivity contribution >= 4 is 17.4 Å². The number of benzene rings is 1. The molecule has 1 aromatic carbocycles. The number of aromatic amines is 1. The lowest BCUT2D eigenvalue weighted by molar-refractivity contribution is 0.262. The molecule has 0 bridgehead atoms. The number of ether oxygens (including phenoxy) is 1. The van der Waals surface area contributed by atoms with Crippen LogP contribution < -0.4 is 15.4 Å². The molecule has 2 aromatic rings. The van der Waals surface area contributed by atoms with Gasteiger partial charge in [0, 0.05) is 6.20 Å². The highest BCUT2D eigenvalue weighted by Crippen LogP contribution is 2.23. The van der Waals surface area contributed by atoms with Crippen molar-refractivity contribution in [3.8, 4) is 5.75 Å². The summed E-state index contributed by atoms with van der Waals surface area (Å²) in [6, 6.07) is 6.82. The number of para-hydroxylation sites is 2. The van der Waals surface area contributed by atoms with E-state index >= 15 is 0 Å². The summed E-state index contributed by atoms with van der Waals surface area (Å²) < 4.78 is 5.12. The second-order valence-electron chi connectivity index (χ2n) is 3.27. The first-order valence-corrected chi connectivity index (χ1v) is 4.99. The zero-order valence-corrected chi connectivity index (χ0v) is 9.23. The van der Waals surface area contributed by atoms with Crippen LogP contribution in [0.4, 0.5) is 16.2 Å². The molecule has 3 N–H and O–H groups in total. The number of carbonyl (C=O) groups excluding carboxylic acids is 1. The Morgan fingerprint density at radius 2 is 2.18 bits per heavy atom. The van der Waals surface area contributed by atoms with E-state index in [9.17, 15) is 4.79 Å². The highest BCUT2D eigenvalue weighted by Gasteiger charge is 2.06. The number of nitrogens with one attached hydrogen (secondary N) is 3. The second kappa shape index (κ2) is 5.02. The van der Waals surface area contributed by atoms with Gasteiger partial charge in [0.05, 0.1) is 24.7 Å². The maximum Gasteiger partial charge on any atom is 0.323 e. The number of amides is 2. The molecule has 0 aliphatic carbocycles. The van der Waals surface area contributed by atoms with Crippen LogP contribution in [0, 0.1) is 0 Å². The van der Waals surface area contributed by atoms with Crippen LogP contribution in [0.2, 0.25) is 0 Å². The van der Waals surface area contributed by atoms with Crippen molar-refractivity contribution in [3.05, 3.63) is 36.7 Å². The van der Waals surface area contributed by atoms with E-state index in [1.165, 1.54) is 6.20 Å². The number of hydrogen-bond donors (Lipinski definition) is 3. The summed E-state index contributed by atoms with van der Waals surface area (Å²) in [7, 11) is 1.55. The zero-order valence-electron chi connectivity index (χ0n) is 9.23. The zero-order chi connectivity index (χ0) is 12.1. The standard InChI is InChI=1S/C11H12N4O2/c1-17-10-5-3-2-4-9(10)15-11(16)14-8-6-12-13-7-8/h2-7H,1H3,(H,12,13)(H2,14,15,16). The highest BCUT2D eigenvalue weighted by molar-refractivity contribution is 6.00. The first-order valence-electron chi connectivity index (χ1n) is 4.99. The van der Waals surface area contributed by atoms with Gasteiger partial charge in [0.15, 0.2) is 0 Å². The summed E-state index contributed by atoms with van der Waals surface area (Å²) in [4.78, 5) is 11.6. The molecule has 0 aliphatic heterocycles. The number of carbonyl (C=O) groups is 1. The van der Waals surface area contributed by atoms with Crippen molar-refractivity contribution in [3.63, 3.8) is 0 Å². The molecule has 88 valence electrons. The number of aromatic nitrogens is 2. The Hall–Kier alpha value is -2.50. The molecule has 0 fully saturated rings. The highest BCUT2D eigenvalue weighted by atomic mass is 16.5. The van der Waals surface area contributed by atoms with Gasteiger partial charge in [-0.05, 0) is 12.1 Å². The largest absolute Gasteiger partial charge is 0.495 e. The molecule has 6 heteroatoms. The molecule has 0 atom stereocenters. The molecule has 0 spiro atoms. The molecular weight excluding hydrogens is 220 g/mol. The molecule has 0 saturated carbocycles. The van der Waals surface area contributed by atoms with Crippen LogP contribution >= 0.6 is 0 Å². The average Bonchev–Trinajstić information content (AvgIpc) is 2.82. The molecule has 0 aliphatic rings. The van der Waals surface area contributed by atoms with Crippen LogP contribution in [-0.4, -0.2) is 23.3 Å². The third-order valence-corrected chi connectivity index (χ3v) is 2.11. The third-order valence-electron chi connectivity index (χ3n) is 2.11. The van der Waals surface area contributed by atoms with E-state index < -0.39 is 0 Å². The fourth-order valence-electron chi connectivity index (χ4n) is 1.35. The lowest BCUT2D eigenvalue weighted by Crippen LogP contribution is -2.19. The second-order valence-corrected chi connectivity index (χ2v) is 3.27. The molecule has 1 aromatic heterocycles. The SMILES string of the molecule is COc1ccccc1NC(=O)Nc1cn[nH]c1. The third kappa shape index (κ3) is 2.75. The Morgan fingerprint density at radius 1 is 1.35 bits per heavy atom. The van der Waals surface area contributed by atoms with Gasteiger partial charge in [0.25, 0.3) is 0 Å². The Balaban J connectivity index is 2.03. The number of rotatable bonds is 3. The number of urea groups is 1. The molecule has 17 heavy (non-hydrogen) atoms. The summed E-state index contributed by atoms with van der Waals surface area (Å²) in [6.45, 7) is 0. The predicted molar refractivity (Wildman–Crippen MR) is 64.2 cm³/mol. The van der Waals surface area contributed by atoms with Crippen molar-refractivity contribution in [2.24, 2.45) is 0 Å². The van der Waals surface area contributed by atoms with Crippen molar-refractivity contribution in [1.82, 2.24) is 10.2 Å². The van der Waals surface area contributed by atoms with Crippen molar-refractivity contribution in [1.29, 1.82) is 0 Å². The molecule has 2 amide bonds. The van der Waals surface area contributed by atoms with Gasteiger partial charge in [0.1, 0.15) is 5.75 Å². The molecule has 0 unspecified atom stereocenters. The van der Waals surface area contributed by atoms with Crippen LogP contribution in [0.1, 0.15) is 0 Å². The number of hydrogen-bond acceptors (Lipinski definition) is 3. The first-order chi connectivity index (χ1) is 8.29. The lowest BCUT2D eigenvalue weighted by atomic mass is 10.3. The van der Waals surface area contributed by atoms with E-state index in [1.807, 2.05) is 12.1 Å². The minimum absolute atomic E-state index is 0.351. The van der Waals surface area contributed by atoms with E-state index in [0.717, 1.165) is 0 Å². The Bertz CT molecular complexity index is 496. The summed E-state index contributed by atoms with van der Waals surface area (Å²) in [5.74, 6) is 0.606. The maximum atomic E-state index is 11.6. The van der Waals surface area contributed by atoms with Gasteiger partial charge in [-0.2, -0.15) is 5.10 Å². The van der Waals surface area contributed by atoms with Gasteiger partial charge in [0.2, 0.25) is 0 Å². The van der Waals surface area contributed by atoms with Crippen molar-refractivity contribution in [2.45, 2.75) is 0 Å². The summed E-state index contributed by atoms with van der Waals surface area (Å²) in [5.41, 5.74) is 1.20. The van der Waals surface area contributed by atoms with E-state index in [4.69, 9.17) is 4.74 Å². The maximum absolute atomic E-state index is 11.6. The van der Waals surface area contributed by atoms with E-state index in [1.54, 1.807) is 25.4 Å². The van der Waals surface area contributed by atoms with Gasteiger partial charge >= 0.3 is 6.03 Å². The molecule has 1 heterocycles. The smallest absolute Gasteiger partial charge is 0.323 e. The van der Waals surface area contributed by atoms with Crippen molar-refractivity contribution < 1.29 is 9.53 Å². The fourth-order valence-corrected chi connectivity index (χ4v) is 1.35. The Kier molecular flexibility index (Phi) is 3.25. The number of anilines is 2. The van der Waals surface area contributed by atoms with Crippen LogP contribution in [0.15, 0.2) is 36.7 Å². The monoisotopic (exact) mass is 232 g/mol. The van der Waals surface area contributed by atoms with Gasteiger partial charge in [-0.15, -0.1) is 0 Å². The predicted octanol–water partition coefficient (Wildman–Crippen LogP) is 2.06. The minimum Gasteiger partial charge on any atom is -0.495 e. The lowest BCUT2D eigenvalue weighted by Gasteiger charge is -2.09. The summed E-state index contributed by atoms with van der Waals surface area (Å²) in [5, 5.41) is 11.6. The molecular formula is C11H12N4O2. The summed E-state index contributed by atoms with van der Waals surface area (Å²) >= 11 is 0. The average molecular weight is 232 g/mol. The topological polar surface area (TPSA) is 79.0 Å². The normalized spacial score (nSPS) is 9.71. The van der Waals surface area contributed by atoms with E-state index in [0.29, 0.717) is 17.1 Å². The van der Waals surface area contributed by atoms with Gasteiger partial charge in [-0.25, -0.2) is 4.79 Å². The van der Waals surface area contributed by atoms with Crippen LogP contribution in [0.3, 0.4) is 0 Å². The van der Waals surface area contributed by atoms with Gasteiger partial charge in [-0.3, -0.25) is 5.10 Å². The minimum atomic E-state index is -0.351. The van der Waals surface area contributed by atoms with E-state index in [2.05, 4.69) is 20.8 Å². The molecule has 6 nitrogen and oxygen atoms in total. The number of methoxy groups -OCH3 is 1. The quantitative estimate of drug-likeness (QED) is 0.757. The fraction of sp³-hybridized carbons (Fsp3) is 0.0909. The van der Waals surface area contributed by atoms with Crippen LogP contribution in [0.5, 0.6) is 5.75 Å². The van der Waals surface area contributed by atoms with Crippen molar-refractivity contribution in [2.75, 3.05) is 17.7 Å². The van der Waals surface area contributed by atoms with Crippen LogP contribution in [0.25, 0.3) is 0 Å². The Labute approximate surface area is 98.0 Å². The Morgan fingerprint density at radius 3 is 2.88 bits per heavy atom. The van der Waals surface area contributed by atoms with Gasteiger partial charge in [-0.1, -0.05) is 12.1 Å². The molecule has 2 rings (SSSR count).